The highest BCUT2D eigenvalue weighted by Gasteiger charge is 2.35. The molecule has 0 saturated heterocycles. The molecule has 9 heteroatoms. The number of aromatic amines is 1. The summed E-state index contributed by atoms with van der Waals surface area (Å²) in [4.78, 5) is 16.0. The highest BCUT2D eigenvalue weighted by molar-refractivity contribution is 5.94. The van der Waals surface area contributed by atoms with Gasteiger partial charge in [-0.3, -0.25) is 5.10 Å². The van der Waals surface area contributed by atoms with Gasteiger partial charge < -0.3 is 19.1 Å². The molecule has 3 aromatic heterocycles. The van der Waals surface area contributed by atoms with E-state index < -0.39 is 11.4 Å². The summed E-state index contributed by atoms with van der Waals surface area (Å²) >= 11 is 0. The Balaban J connectivity index is 2.08. The van der Waals surface area contributed by atoms with Gasteiger partial charge in [-0.15, -0.1) is 0 Å². The van der Waals surface area contributed by atoms with E-state index in [0.717, 1.165) is 33.4 Å². The molecule has 0 aliphatic heterocycles. The maximum Gasteiger partial charge on any atom is 0.329 e. The van der Waals surface area contributed by atoms with E-state index in [9.17, 15) is 9.18 Å². The number of benzene rings is 1. The zero-order valence-electron chi connectivity index (χ0n) is 20.7. The average molecular weight is 483 g/mol. The van der Waals surface area contributed by atoms with Crippen molar-refractivity contribution in [2.45, 2.75) is 45.4 Å². The number of aromatic nitrogens is 4. The molecule has 0 radical (unpaired) electrons. The minimum absolute atomic E-state index is 0.126. The Kier molecular flexibility index (Phi) is 6.91. The van der Waals surface area contributed by atoms with E-state index in [1.165, 1.54) is 6.07 Å². The zero-order chi connectivity index (χ0) is 25.3. The van der Waals surface area contributed by atoms with Crippen LogP contribution in [-0.4, -0.2) is 57.8 Å². The topological polar surface area (TPSA) is 102 Å². The number of fused-ring (bicyclic) bond motifs is 2. The average Bonchev–Trinajstić information content (AvgIpc) is 3.39. The van der Waals surface area contributed by atoms with Gasteiger partial charge in [0.15, 0.2) is 5.65 Å². The number of nitrogens with zero attached hydrogens (tertiary/aromatic N) is 3. The number of hydrogen-bond donors (Lipinski definition) is 2. The van der Waals surface area contributed by atoms with Gasteiger partial charge in [-0.05, 0) is 43.2 Å². The number of carboxylic acids is 1. The first kappa shape index (κ1) is 24.8. The Morgan fingerprint density at radius 1 is 1.31 bits per heavy atom. The normalized spacial score (nSPS) is 13.1. The van der Waals surface area contributed by atoms with Crippen LogP contribution in [0.3, 0.4) is 0 Å². The molecular formula is C26H31FN4O4. The van der Waals surface area contributed by atoms with E-state index in [-0.39, 0.29) is 24.9 Å². The lowest BCUT2D eigenvalue weighted by Gasteiger charge is -2.30. The molecule has 1 atom stereocenters. The Hall–Kier alpha value is -3.30. The molecule has 186 valence electrons. The van der Waals surface area contributed by atoms with Gasteiger partial charge in [-0.1, -0.05) is 20.8 Å². The van der Waals surface area contributed by atoms with E-state index in [2.05, 4.69) is 28.6 Å². The SMILES string of the molecule is CC[C@H](COCC(=O)O)c1c(C(C)(C)COC)n(-c2ccc(F)c(C)c2)c2cc3cn[nH]c3nc12. The van der Waals surface area contributed by atoms with E-state index in [0.29, 0.717) is 24.2 Å². The largest absolute Gasteiger partial charge is 0.480 e. The molecule has 1 aromatic carbocycles. The molecule has 0 aliphatic carbocycles. The molecule has 8 nitrogen and oxygen atoms in total. The summed E-state index contributed by atoms with van der Waals surface area (Å²) in [6.07, 6.45) is 2.43. The number of carbonyl (C=O) groups is 1. The number of methoxy groups -OCH3 is 1. The molecular weight excluding hydrogens is 451 g/mol. The molecule has 0 unspecified atom stereocenters. The second kappa shape index (κ2) is 9.75. The molecule has 3 heterocycles. The van der Waals surface area contributed by atoms with E-state index in [1.807, 2.05) is 19.1 Å². The first-order valence-electron chi connectivity index (χ1n) is 11.6. The van der Waals surface area contributed by atoms with Crippen molar-refractivity contribution >= 4 is 28.0 Å². The number of aryl methyl sites for hydroxylation is 1. The van der Waals surface area contributed by atoms with Gasteiger partial charge in [-0.2, -0.15) is 5.10 Å². The van der Waals surface area contributed by atoms with Crippen molar-refractivity contribution in [3.63, 3.8) is 0 Å². The smallest absolute Gasteiger partial charge is 0.329 e. The fourth-order valence-corrected chi connectivity index (χ4v) is 4.80. The summed E-state index contributed by atoms with van der Waals surface area (Å²) in [5.74, 6) is -1.41. The van der Waals surface area contributed by atoms with Crippen LogP contribution in [0.2, 0.25) is 0 Å². The minimum atomic E-state index is -1.01. The van der Waals surface area contributed by atoms with Gasteiger partial charge in [0.25, 0.3) is 0 Å². The number of nitrogens with one attached hydrogen (secondary N) is 1. The second-order valence-electron chi connectivity index (χ2n) is 9.53. The van der Waals surface area contributed by atoms with Crippen LogP contribution >= 0.6 is 0 Å². The van der Waals surface area contributed by atoms with Crippen molar-refractivity contribution in [2.75, 3.05) is 26.9 Å². The number of hydrogen-bond acceptors (Lipinski definition) is 5. The highest BCUT2D eigenvalue weighted by Crippen LogP contribution is 2.42. The van der Waals surface area contributed by atoms with E-state index in [1.54, 1.807) is 26.3 Å². The Bertz CT molecular complexity index is 1370. The van der Waals surface area contributed by atoms with Crippen LogP contribution in [-0.2, 0) is 19.7 Å². The van der Waals surface area contributed by atoms with Crippen molar-refractivity contribution in [1.29, 1.82) is 0 Å². The number of aliphatic carboxylic acids is 1. The van der Waals surface area contributed by atoms with Crippen molar-refractivity contribution < 1.29 is 23.8 Å². The second-order valence-corrected chi connectivity index (χ2v) is 9.53. The van der Waals surface area contributed by atoms with Gasteiger partial charge in [0, 0.05) is 40.8 Å². The number of carboxylic acid groups (broad SMARTS) is 1. The molecule has 4 aromatic rings. The minimum Gasteiger partial charge on any atom is -0.480 e. The van der Waals surface area contributed by atoms with Crippen LogP contribution in [0.15, 0.2) is 30.5 Å². The third kappa shape index (κ3) is 4.66. The summed E-state index contributed by atoms with van der Waals surface area (Å²) in [5, 5.41) is 17.0. The fourth-order valence-electron chi connectivity index (χ4n) is 4.80. The summed E-state index contributed by atoms with van der Waals surface area (Å²) in [5.41, 5.74) is 5.11. The van der Waals surface area contributed by atoms with Crippen LogP contribution in [0.4, 0.5) is 4.39 Å². The maximum atomic E-state index is 14.2. The molecule has 0 fully saturated rings. The maximum absolute atomic E-state index is 14.2. The quantitative estimate of drug-likeness (QED) is 0.334. The molecule has 4 rings (SSSR count). The molecule has 0 aliphatic rings. The number of halogens is 1. The van der Waals surface area contributed by atoms with E-state index >= 15 is 0 Å². The van der Waals surface area contributed by atoms with Crippen LogP contribution in [0.1, 0.15) is 49.9 Å². The van der Waals surface area contributed by atoms with Crippen LogP contribution in [0.25, 0.3) is 27.8 Å². The fraction of sp³-hybridized carbons (Fsp3) is 0.423. The van der Waals surface area contributed by atoms with Crippen molar-refractivity contribution in [1.82, 2.24) is 19.7 Å². The summed E-state index contributed by atoms with van der Waals surface area (Å²) in [6, 6.07) is 7.09. The summed E-state index contributed by atoms with van der Waals surface area (Å²) < 4.78 is 27.5. The lowest BCUT2D eigenvalue weighted by molar-refractivity contribution is -0.142. The summed E-state index contributed by atoms with van der Waals surface area (Å²) in [7, 11) is 1.66. The van der Waals surface area contributed by atoms with Crippen molar-refractivity contribution in [3.05, 3.63) is 53.1 Å². The molecule has 0 saturated carbocycles. The van der Waals surface area contributed by atoms with Crippen LogP contribution in [0.5, 0.6) is 0 Å². The number of pyridine rings is 1. The molecule has 0 amide bonds. The predicted octanol–water partition coefficient (Wildman–Crippen LogP) is 4.87. The van der Waals surface area contributed by atoms with Gasteiger partial charge in [0.1, 0.15) is 12.4 Å². The number of H-pyrrole nitrogens is 1. The predicted molar refractivity (Wildman–Crippen MR) is 132 cm³/mol. The van der Waals surface area contributed by atoms with Crippen molar-refractivity contribution in [2.24, 2.45) is 0 Å². The van der Waals surface area contributed by atoms with Gasteiger partial charge >= 0.3 is 5.97 Å². The molecule has 2 N–H and O–H groups in total. The highest BCUT2D eigenvalue weighted by atomic mass is 19.1. The first-order valence-corrected chi connectivity index (χ1v) is 11.6. The first-order chi connectivity index (χ1) is 16.7. The van der Waals surface area contributed by atoms with Gasteiger partial charge in [-0.25, -0.2) is 14.2 Å². The number of rotatable bonds is 10. The van der Waals surface area contributed by atoms with E-state index in [4.69, 9.17) is 19.6 Å². The lowest BCUT2D eigenvalue weighted by Crippen LogP contribution is -2.29. The number of ether oxygens (including phenoxy) is 2. The standard InChI is InChI=1S/C26H31FN4O4/c1-6-16(12-35-13-21(32)33)22-23-20(10-17-11-28-30-25(17)29-23)31(24(22)26(3,4)14-34-5)18-7-8-19(27)15(2)9-18/h7-11,16H,6,12-14H2,1-5H3,(H,32,33)(H,28,29,30)/t16-/m1/s1. The molecule has 0 spiro atoms. The lowest BCUT2D eigenvalue weighted by atomic mass is 9.83. The Morgan fingerprint density at radius 2 is 2.09 bits per heavy atom. The van der Waals surface area contributed by atoms with Crippen LogP contribution in [0, 0.1) is 12.7 Å². The van der Waals surface area contributed by atoms with Gasteiger partial charge in [0.2, 0.25) is 0 Å². The van der Waals surface area contributed by atoms with Crippen molar-refractivity contribution in [3.8, 4) is 5.69 Å². The Labute approximate surface area is 203 Å². The van der Waals surface area contributed by atoms with Crippen LogP contribution < -0.4 is 0 Å². The molecule has 35 heavy (non-hydrogen) atoms. The van der Waals surface area contributed by atoms with Gasteiger partial charge in [0.05, 0.1) is 30.4 Å². The Morgan fingerprint density at radius 3 is 2.74 bits per heavy atom. The zero-order valence-corrected chi connectivity index (χ0v) is 20.7. The summed E-state index contributed by atoms with van der Waals surface area (Å²) in [6.45, 7) is 8.26. The monoisotopic (exact) mass is 482 g/mol. The third-order valence-electron chi connectivity index (χ3n) is 6.37. The molecule has 0 bridgehead atoms. The third-order valence-corrected chi connectivity index (χ3v) is 6.37.